The molecule has 3 aliphatic rings. The molecule has 3 aromatic rings. The van der Waals surface area contributed by atoms with Gasteiger partial charge in [-0.3, -0.25) is 0 Å². The zero-order valence-corrected chi connectivity index (χ0v) is 18.3. The Kier molecular flexibility index (Phi) is 4.85. The van der Waals surface area contributed by atoms with Gasteiger partial charge >= 0.3 is 0 Å². The van der Waals surface area contributed by atoms with E-state index in [1.807, 2.05) is 29.1 Å². The minimum absolute atomic E-state index is 0.425. The van der Waals surface area contributed by atoms with Gasteiger partial charge in [-0.25, -0.2) is 9.97 Å². The highest BCUT2D eigenvalue weighted by Crippen LogP contribution is 2.37. The van der Waals surface area contributed by atoms with Crippen LogP contribution in [0.2, 0.25) is 0 Å². The van der Waals surface area contributed by atoms with Crippen molar-refractivity contribution in [2.75, 3.05) is 30.5 Å². The van der Waals surface area contributed by atoms with E-state index in [2.05, 4.69) is 26.4 Å². The number of aromatic nitrogens is 4. The van der Waals surface area contributed by atoms with Gasteiger partial charge in [0.25, 0.3) is 0 Å². The van der Waals surface area contributed by atoms with E-state index in [0.29, 0.717) is 12.0 Å². The first kappa shape index (κ1) is 19.4. The maximum Gasteiger partial charge on any atom is 0.229 e. The molecule has 8 nitrogen and oxygen atoms in total. The van der Waals surface area contributed by atoms with Crippen molar-refractivity contribution in [3.05, 3.63) is 42.6 Å². The van der Waals surface area contributed by atoms with Gasteiger partial charge in [0.1, 0.15) is 12.4 Å². The van der Waals surface area contributed by atoms with Gasteiger partial charge in [0, 0.05) is 24.5 Å². The first-order chi connectivity index (χ1) is 15.8. The largest absolute Gasteiger partial charge is 0.494 e. The van der Waals surface area contributed by atoms with Crippen LogP contribution in [0.4, 0.5) is 17.5 Å². The molecule has 1 atom stereocenters. The average molecular weight is 433 g/mol. The molecule has 32 heavy (non-hydrogen) atoms. The third-order valence-electron chi connectivity index (χ3n) is 6.89. The summed E-state index contributed by atoms with van der Waals surface area (Å²) in [6.45, 7) is 1.74. The van der Waals surface area contributed by atoms with E-state index in [1.54, 1.807) is 13.3 Å². The van der Waals surface area contributed by atoms with Crippen molar-refractivity contribution in [2.45, 2.75) is 44.6 Å². The molecule has 0 radical (unpaired) electrons. The lowest BCUT2D eigenvalue weighted by atomic mass is 9.82. The van der Waals surface area contributed by atoms with Crippen molar-refractivity contribution in [2.24, 2.45) is 5.92 Å². The summed E-state index contributed by atoms with van der Waals surface area (Å²) in [5.74, 6) is 3.77. The Balaban J connectivity index is 1.22. The summed E-state index contributed by atoms with van der Waals surface area (Å²) in [6.07, 6.45) is 13.1. The molecule has 166 valence electrons. The van der Waals surface area contributed by atoms with Crippen LogP contribution in [0.15, 0.2) is 36.9 Å². The number of rotatable bonds is 6. The molecule has 0 bridgehead atoms. The maximum absolute atomic E-state index is 5.86. The van der Waals surface area contributed by atoms with Crippen molar-refractivity contribution < 1.29 is 9.47 Å². The van der Waals surface area contributed by atoms with Crippen molar-refractivity contribution in [1.29, 1.82) is 0 Å². The van der Waals surface area contributed by atoms with E-state index >= 15 is 0 Å². The molecule has 0 spiro atoms. The van der Waals surface area contributed by atoms with E-state index in [4.69, 9.17) is 14.5 Å². The van der Waals surface area contributed by atoms with Crippen LogP contribution in [-0.4, -0.2) is 45.8 Å². The lowest BCUT2D eigenvalue weighted by Gasteiger charge is -2.32. The average Bonchev–Trinajstić information content (AvgIpc) is 3.46. The molecule has 1 unspecified atom stereocenters. The first-order valence-electron chi connectivity index (χ1n) is 11.5. The molecule has 2 aliphatic heterocycles. The molecule has 0 amide bonds. The molecule has 6 rings (SSSR count). The summed E-state index contributed by atoms with van der Waals surface area (Å²) in [6, 6.07) is 6.45. The number of hydrogen-bond acceptors (Lipinski definition) is 7. The number of anilines is 3. The fourth-order valence-corrected chi connectivity index (χ4v) is 4.89. The number of methoxy groups -OCH3 is 1. The van der Waals surface area contributed by atoms with Gasteiger partial charge in [-0.05, 0) is 37.3 Å². The van der Waals surface area contributed by atoms with Crippen LogP contribution in [-0.2, 0) is 6.42 Å². The molecule has 1 saturated carbocycles. The third-order valence-corrected chi connectivity index (χ3v) is 6.89. The summed E-state index contributed by atoms with van der Waals surface area (Å²) in [4.78, 5) is 16.2. The second-order valence-corrected chi connectivity index (χ2v) is 8.97. The molecule has 2 fully saturated rings. The molecule has 1 aromatic carbocycles. The maximum atomic E-state index is 5.86. The monoisotopic (exact) mass is 432 g/mol. The van der Waals surface area contributed by atoms with Gasteiger partial charge in [-0.2, -0.15) is 4.98 Å². The van der Waals surface area contributed by atoms with Gasteiger partial charge in [-0.1, -0.05) is 19.3 Å². The number of benzene rings is 1. The molecule has 1 saturated heterocycles. The highest BCUT2D eigenvalue weighted by molar-refractivity contribution is 5.64. The SMILES string of the molecule is COc1cc(Nc2ncc3c(n2)N2CCCC2CO3)ccc1-n1cnc(CC2CCC2)c1. The van der Waals surface area contributed by atoms with Crippen molar-refractivity contribution >= 4 is 17.5 Å². The van der Waals surface area contributed by atoms with E-state index in [0.717, 1.165) is 66.3 Å². The van der Waals surface area contributed by atoms with Crippen LogP contribution in [0.5, 0.6) is 11.5 Å². The Labute approximate surface area is 187 Å². The fourth-order valence-electron chi connectivity index (χ4n) is 4.89. The number of ether oxygens (including phenoxy) is 2. The molecule has 4 heterocycles. The topological polar surface area (TPSA) is 77.3 Å². The Bertz CT molecular complexity index is 1130. The molecular formula is C24H28N6O2. The normalized spacial score (nSPS) is 19.7. The molecular weight excluding hydrogens is 404 g/mol. The van der Waals surface area contributed by atoms with Crippen LogP contribution >= 0.6 is 0 Å². The summed E-state index contributed by atoms with van der Waals surface area (Å²) in [7, 11) is 1.69. The molecule has 2 aromatic heterocycles. The van der Waals surface area contributed by atoms with Crippen LogP contribution in [0.25, 0.3) is 5.69 Å². The zero-order valence-electron chi connectivity index (χ0n) is 18.3. The first-order valence-corrected chi connectivity index (χ1v) is 11.5. The number of fused-ring (bicyclic) bond motifs is 3. The second kappa shape index (κ2) is 8.00. The zero-order chi connectivity index (χ0) is 21.5. The number of nitrogens with zero attached hydrogens (tertiary/aromatic N) is 5. The Morgan fingerprint density at radius 3 is 2.97 bits per heavy atom. The van der Waals surface area contributed by atoms with Gasteiger partial charge in [0.15, 0.2) is 11.6 Å². The van der Waals surface area contributed by atoms with Gasteiger partial charge in [-0.15, -0.1) is 0 Å². The minimum Gasteiger partial charge on any atom is -0.494 e. The molecule has 1 aliphatic carbocycles. The summed E-state index contributed by atoms with van der Waals surface area (Å²) >= 11 is 0. The van der Waals surface area contributed by atoms with Gasteiger partial charge in [0.05, 0.1) is 37.1 Å². The third kappa shape index (κ3) is 3.53. The highest BCUT2D eigenvalue weighted by atomic mass is 16.5. The van der Waals surface area contributed by atoms with E-state index in [9.17, 15) is 0 Å². The fraction of sp³-hybridized carbons (Fsp3) is 0.458. The lowest BCUT2D eigenvalue weighted by molar-refractivity contribution is 0.268. The number of imidazole rings is 1. The molecule has 1 N–H and O–H groups in total. The van der Waals surface area contributed by atoms with Crippen LogP contribution < -0.4 is 19.7 Å². The highest BCUT2D eigenvalue weighted by Gasteiger charge is 2.33. The van der Waals surface area contributed by atoms with Gasteiger partial charge < -0.3 is 24.3 Å². The Morgan fingerprint density at radius 1 is 1.19 bits per heavy atom. The minimum atomic E-state index is 0.425. The Morgan fingerprint density at radius 2 is 2.12 bits per heavy atom. The van der Waals surface area contributed by atoms with E-state index in [-0.39, 0.29) is 0 Å². The van der Waals surface area contributed by atoms with E-state index in [1.165, 1.54) is 25.7 Å². The summed E-state index contributed by atoms with van der Waals surface area (Å²) in [5.41, 5.74) is 2.98. The predicted octanol–water partition coefficient (Wildman–Crippen LogP) is 4.12. The van der Waals surface area contributed by atoms with Crippen molar-refractivity contribution in [3.63, 3.8) is 0 Å². The second-order valence-electron chi connectivity index (χ2n) is 8.97. The number of nitrogens with one attached hydrogen (secondary N) is 1. The van der Waals surface area contributed by atoms with Crippen molar-refractivity contribution in [3.8, 4) is 17.2 Å². The number of hydrogen-bond donors (Lipinski definition) is 1. The van der Waals surface area contributed by atoms with Crippen LogP contribution in [0.3, 0.4) is 0 Å². The summed E-state index contributed by atoms with van der Waals surface area (Å²) < 4.78 is 13.6. The standard InChI is InChI=1S/C24H28N6O2/c1-31-21-11-17(7-8-20(21)29-13-18(26-15-29)10-16-4-2-5-16)27-24-25-12-22-23(28-24)30-9-3-6-19(30)14-32-22/h7-8,11-13,15-16,19H,2-6,9-10,14H2,1H3,(H,25,27,28). The predicted molar refractivity (Wildman–Crippen MR) is 122 cm³/mol. The van der Waals surface area contributed by atoms with Crippen LogP contribution in [0, 0.1) is 5.92 Å². The van der Waals surface area contributed by atoms with E-state index < -0.39 is 0 Å². The quantitative estimate of drug-likeness (QED) is 0.628. The lowest BCUT2D eigenvalue weighted by Crippen LogP contribution is -2.38. The smallest absolute Gasteiger partial charge is 0.229 e. The summed E-state index contributed by atoms with van der Waals surface area (Å²) in [5, 5.41) is 3.32. The molecule has 8 heteroatoms. The van der Waals surface area contributed by atoms with Crippen molar-refractivity contribution in [1.82, 2.24) is 19.5 Å². The Hall–Kier alpha value is -3.29. The van der Waals surface area contributed by atoms with Crippen LogP contribution in [0.1, 0.15) is 37.8 Å². The van der Waals surface area contributed by atoms with Gasteiger partial charge in [0.2, 0.25) is 5.95 Å².